The SMILES string of the molecule is Cc1ccc(-n2nc3ccc(NC(=S)NC(=O)c4ccc5c(c4)OCO5)cc3n2)cc1. The van der Waals surface area contributed by atoms with Crippen molar-refractivity contribution in [3.63, 3.8) is 0 Å². The molecule has 1 aromatic heterocycles. The van der Waals surface area contributed by atoms with E-state index in [-0.39, 0.29) is 17.8 Å². The molecular weight excluding hydrogens is 414 g/mol. The third-order valence-electron chi connectivity index (χ3n) is 4.76. The zero-order valence-electron chi connectivity index (χ0n) is 16.5. The Kier molecular flexibility index (Phi) is 4.72. The summed E-state index contributed by atoms with van der Waals surface area (Å²) in [6, 6.07) is 18.4. The van der Waals surface area contributed by atoms with Gasteiger partial charge < -0.3 is 14.8 Å². The number of nitrogens with one attached hydrogen (secondary N) is 2. The number of fused-ring (bicyclic) bond motifs is 2. The lowest BCUT2D eigenvalue weighted by atomic mass is 10.2. The molecule has 0 spiro atoms. The topological polar surface area (TPSA) is 90.3 Å². The van der Waals surface area contributed by atoms with Crippen LogP contribution < -0.4 is 20.1 Å². The molecule has 1 aliphatic heterocycles. The Hall–Kier alpha value is -3.98. The van der Waals surface area contributed by atoms with Crippen LogP contribution in [-0.4, -0.2) is 32.8 Å². The molecule has 0 radical (unpaired) electrons. The highest BCUT2D eigenvalue weighted by atomic mass is 32.1. The van der Waals surface area contributed by atoms with Crippen LogP contribution in [0.3, 0.4) is 0 Å². The number of carbonyl (C=O) groups excluding carboxylic acids is 1. The zero-order chi connectivity index (χ0) is 21.4. The van der Waals surface area contributed by atoms with E-state index in [0.29, 0.717) is 28.3 Å². The van der Waals surface area contributed by atoms with E-state index < -0.39 is 0 Å². The molecule has 9 heteroatoms. The minimum absolute atomic E-state index is 0.150. The highest BCUT2D eigenvalue weighted by molar-refractivity contribution is 7.80. The fourth-order valence-electron chi connectivity index (χ4n) is 3.16. The maximum atomic E-state index is 12.5. The Morgan fingerprint density at radius 1 is 0.968 bits per heavy atom. The van der Waals surface area contributed by atoms with E-state index in [4.69, 9.17) is 21.7 Å². The van der Waals surface area contributed by atoms with Gasteiger partial charge in [-0.2, -0.15) is 4.80 Å². The molecule has 0 aliphatic carbocycles. The first-order chi connectivity index (χ1) is 15.0. The number of ether oxygens (including phenoxy) is 2. The van der Waals surface area contributed by atoms with Gasteiger partial charge in [-0.15, -0.1) is 10.2 Å². The van der Waals surface area contributed by atoms with E-state index in [2.05, 4.69) is 20.8 Å². The molecule has 4 aromatic rings. The summed E-state index contributed by atoms with van der Waals surface area (Å²) in [5.41, 5.74) is 4.62. The summed E-state index contributed by atoms with van der Waals surface area (Å²) in [5, 5.41) is 14.9. The summed E-state index contributed by atoms with van der Waals surface area (Å²) in [5.74, 6) is 0.806. The number of rotatable bonds is 3. The third-order valence-corrected chi connectivity index (χ3v) is 4.97. The van der Waals surface area contributed by atoms with Crippen molar-refractivity contribution < 1.29 is 14.3 Å². The Labute approximate surface area is 182 Å². The Morgan fingerprint density at radius 3 is 2.58 bits per heavy atom. The molecule has 0 unspecified atom stereocenters. The molecule has 0 fully saturated rings. The fourth-order valence-corrected chi connectivity index (χ4v) is 3.37. The number of aryl methyl sites for hydroxylation is 1. The third kappa shape index (κ3) is 3.90. The van der Waals surface area contributed by atoms with E-state index in [1.54, 1.807) is 23.0 Å². The zero-order valence-corrected chi connectivity index (χ0v) is 17.3. The van der Waals surface area contributed by atoms with E-state index in [0.717, 1.165) is 11.2 Å². The minimum Gasteiger partial charge on any atom is -0.454 e. The molecular formula is C22H17N5O3S. The van der Waals surface area contributed by atoms with Crippen molar-refractivity contribution in [3.8, 4) is 17.2 Å². The van der Waals surface area contributed by atoms with Gasteiger partial charge in [0.15, 0.2) is 16.6 Å². The molecule has 8 nitrogen and oxygen atoms in total. The number of amides is 1. The van der Waals surface area contributed by atoms with E-state index in [1.807, 2.05) is 49.4 Å². The summed E-state index contributed by atoms with van der Waals surface area (Å²) in [6.45, 7) is 2.18. The van der Waals surface area contributed by atoms with Crippen LogP contribution in [0.15, 0.2) is 60.7 Å². The van der Waals surface area contributed by atoms with E-state index in [1.165, 1.54) is 5.56 Å². The number of hydrogen-bond acceptors (Lipinski definition) is 6. The van der Waals surface area contributed by atoms with Gasteiger partial charge in [0.2, 0.25) is 6.79 Å². The molecule has 2 heterocycles. The molecule has 5 rings (SSSR count). The molecule has 31 heavy (non-hydrogen) atoms. The summed E-state index contributed by atoms with van der Waals surface area (Å²) < 4.78 is 10.6. The van der Waals surface area contributed by atoms with E-state index >= 15 is 0 Å². The lowest BCUT2D eigenvalue weighted by Gasteiger charge is -2.09. The van der Waals surface area contributed by atoms with Gasteiger partial charge in [-0.25, -0.2) is 0 Å². The van der Waals surface area contributed by atoms with Crippen LogP contribution in [0.2, 0.25) is 0 Å². The van der Waals surface area contributed by atoms with Gasteiger partial charge in [0, 0.05) is 11.3 Å². The molecule has 1 amide bonds. The largest absolute Gasteiger partial charge is 0.454 e. The number of anilines is 1. The quantitative estimate of drug-likeness (QED) is 0.479. The van der Waals surface area contributed by atoms with Crippen molar-refractivity contribution in [1.82, 2.24) is 20.3 Å². The predicted octanol–water partition coefficient (Wildman–Crippen LogP) is 3.58. The summed E-state index contributed by atoms with van der Waals surface area (Å²) in [4.78, 5) is 14.1. The van der Waals surface area contributed by atoms with Gasteiger partial charge in [-0.1, -0.05) is 17.7 Å². The Balaban J connectivity index is 1.29. The van der Waals surface area contributed by atoms with Crippen molar-refractivity contribution in [2.45, 2.75) is 6.92 Å². The number of carbonyl (C=O) groups is 1. The molecule has 1 aliphatic rings. The van der Waals surface area contributed by atoms with Crippen LogP contribution in [-0.2, 0) is 0 Å². The second-order valence-electron chi connectivity index (χ2n) is 7.00. The monoisotopic (exact) mass is 431 g/mol. The molecule has 0 bridgehead atoms. The smallest absolute Gasteiger partial charge is 0.257 e. The first-order valence-electron chi connectivity index (χ1n) is 9.51. The van der Waals surface area contributed by atoms with Gasteiger partial charge in [0.05, 0.1) is 5.69 Å². The maximum Gasteiger partial charge on any atom is 0.257 e. The Morgan fingerprint density at radius 2 is 1.74 bits per heavy atom. The lowest BCUT2D eigenvalue weighted by Crippen LogP contribution is -2.34. The molecule has 2 N–H and O–H groups in total. The number of hydrogen-bond donors (Lipinski definition) is 2. The summed E-state index contributed by atoms with van der Waals surface area (Å²) >= 11 is 5.29. The van der Waals surface area contributed by atoms with Crippen LogP contribution >= 0.6 is 12.2 Å². The minimum atomic E-state index is -0.345. The number of benzene rings is 3. The predicted molar refractivity (Wildman–Crippen MR) is 120 cm³/mol. The summed E-state index contributed by atoms with van der Waals surface area (Å²) in [7, 11) is 0. The number of aromatic nitrogens is 3. The highest BCUT2D eigenvalue weighted by Crippen LogP contribution is 2.32. The van der Waals surface area contributed by atoms with Crippen molar-refractivity contribution in [2.24, 2.45) is 0 Å². The van der Waals surface area contributed by atoms with Gasteiger partial charge in [0.1, 0.15) is 11.0 Å². The van der Waals surface area contributed by atoms with Gasteiger partial charge in [0.25, 0.3) is 5.91 Å². The first-order valence-corrected chi connectivity index (χ1v) is 9.92. The van der Waals surface area contributed by atoms with Crippen molar-refractivity contribution in [1.29, 1.82) is 0 Å². The van der Waals surface area contributed by atoms with Gasteiger partial charge in [-0.3, -0.25) is 10.1 Å². The lowest BCUT2D eigenvalue weighted by molar-refractivity contribution is 0.0977. The number of thiocarbonyl (C=S) groups is 1. The average Bonchev–Trinajstić information content (AvgIpc) is 3.40. The van der Waals surface area contributed by atoms with Crippen LogP contribution in [0.25, 0.3) is 16.7 Å². The number of nitrogens with zero attached hydrogens (tertiary/aromatic N) is 3. The van der Waals surface area contributed by atoms with Crippen LogP contribution in [0.5, 0.6) is 11.5 Å². The molecule has 3 aromatic carbocycles. The van der Waals surface area contributed by atoms with Crippen LogP contribution in [0.1, 0.15) is 15.9 Å². The molecule has 0 atom stereocenters. The maximum absolute atomic E-state index is 12.5. The van der Waals surface area contributed by atoms with Crippen molar-refractivity contribution >= 4 is 40.0 Å². The van der Waals surface area contributed by atoms with Gasteiger partial charge in [-0.05, 0) is 67.7 Å². The molecule has 0 saturated carbocycles. The standard InChI is InChI=1S/C22H17N5O3S/c1-13-2-6-16(7-3-13)27-25-17-8-5-15(11-18(17)26-27)23-22(31)24-21(28)14-4-9-19-20(10-14)30-12-29-19/h2-11H,12H2,1H3,(H2,23,24,28,31). The van der Waals surface area contributed by atoms with Crippen LogP contribution in [0.4, 0.5) is 5.69 Å². The van der Waals surface area contributed by atoms with Crippen molar-refractivity contribution in [2.75, 3.05) is 12.1 Å². The van der Waals surface area contributed by atoms with Crippen LogP contribution in [0, 0.1) is 6.92 Å². The Bertz CT molecular complexity index is 1320. The normalized spacial score (nSPS) is 12.0. The summed E-state index contributed by atoms with van der Waals surface area (Å²) in [6.07, 6.45) is 0. The fraction of sp³-hybridized carbons (Fsp3) is 0.0909. The average molecular weight is 431 g/mol. The first kappa shape index (κ1) is 19.0. The highest BCUT2D eigenvalue weighted by Gasteiger charge is 2.17. The van der Waals surface area contributed by atoms with Gasteiger partial charge >= 0.3 is 0 Å². The van der Waals surface area contributed by atoms with Crippen molar-refractivity contribution in [3.05, 3.63) is 71.8 Å². The second kappa shape index (κ2) is 7.69. The van der Waals surface area contributed by atoms with E-state index in [9.17, 15) is 4.79 Å². The molecule has 154 valence electrons. The molecule has 0 saturated heterocycles. The second-order valence-corrected chi connectivity index (χ2v) is 7.41.